The molecule has 138 valence electrons. The zero-order valence-corrected chi connectivity index (χ0v) is 15.4. The lowest BCUT2D eigenvalue weighted by Gasteiger charge is -2.08. The highest BCUT2D eigenvalue weighted by Crippen LogP contribution is 2.03. The average molecular weight is 360 g/mol. The van der Waals surface area contributed by atoms with Crippen LogP contribution in [0.5, 0.6) is 0 Å². The van der Waals surface area contributed by atoms with E-state index in [0.29, 0.717) is 6.54 Å². The molecule has 0 aliphatic carbocycles. The molecule has 0 bridgehead atoms. The van der Waals surface area contributed by atoms with Crippen molar-refractivity contribution in [2.45, 2.75) is 13.3 Å². The second-order valence-corrected chi connectivity index (χ2v) is 5.84. The van der Waals surface area contributed by atoms with Crippen molar-refractivity contribution in [2.75, 3.05) is 6.54 Å². The first-order valence-corrected chi connectivity index (χ1v) is 8.94. The van der Waals surface area contributed by atoms with Crippen molar-refractivity contribution in [3.63, 3.8) is 0 Å². The largest absolute Gasteiger partial charge is 0.351 e. The lowest BCUT2D eigenvalue weighted by Crippen LogP contribution is -2.34. The Morgan fingerprint density at radius 3 is 2.07 bits per heavy atom. The van der Waals surface area contributed by atoms with Gasteiger partial charge in [-0.05, 0) is 29.7 Å². The molecule has 4 nitrogen and oxygen atoms in total. The Balaban J connectivity index is 2.08. The van der Waals surface area contributed by atoms with Crippen molar-refractivity contribution < 1.29 is 9.59 Å². The summed E-state index contributed by atoms with van der Waals surface area (Å²) in [5.74, 6) is -0.666. The molecule has 2 N–H and O–H groups in total. The highest BCUT2D eigenvalue weighted by molar-refractivity contribution is 6.01. The molecule has 0 unspecified atom stereocenters. The third-order valence-corrected chi connectivity index (χ3v) is 3.62. The van der Waals surface area contributed by atoms with Crippen LogP contribution in [0.25, 0.3) is 12.2 Å². The molecule has 0 saturated carbocycles. The van der Waals surface area contributed by atoms with Gasteiger partial charge in [-0.3, -0.25) is 9.59 Å². The van der Waals surface area contributed by atoms with Crippen LogP contribution in [0.3, 0.4) is 0 Å². The van der Waals surface area contributed by atoms with Crippen LogP contribution in [-0.2, 0) is 9.59 Å². The maximum Gasteiger partial charge on any atom is 0.267 e. The minimum absolute atomic E-state index is 0.207. The fourth-order valence-electron chi connectivity index (χ4n) is 2.24. The molecule has 0 radical (unpaired) electrons. The molecule has 2 aromatic rings. The van der Waals surface area contributed by atoms with Crippen LogP contribution in [0.15, 0.2) is 84.6 Å². The van der Waals surface area contributed by atoms with E-state index in [1.807, 2.05) is 73.7 Å². The van der Waals surface area contributed by atoms with Gasteiger partial charge in [-0.2, -0.15) is 0 Å². The Morgan fingerprint density at radius 1 is 0.889 bits per heavy atom. The second kappa shape index (κ2) is 11.3. The minimum atomic E-state index is -0.357. The van der Waals surface area contributed by atoms with Crippen LogP contribution in [-0.4, -0.2) is 18.4 Å². The van der Waals surface area contributed by atoms with Crippen molar-refractivity contribution in [2.24, 2.45) is 0 Å². The normalized spacial score (nSPS) is 11.7. The molecule has 0 saturated heterocycles. The zero-order chi connectivity index (χ0) is 19.3. The number of carbonyl (C=O) groups excluding carboxylic acids is 2. The summed E-state index contributed by atoms with van der Waals surface area (Å²) in [6.45, 7) is 2.52. The van der Waals surface area contributed by atoms with Gasteiger partial charge in [0.25, 0.3) is 5.91 Å². The third kappa shape index (κ3) is 7.57. The SMILES string of the molecule is CCCNC(=O)/C(=C\C=C\c1ccccc1)NC(=O)/C=C/c1ccccc1. The van der Waals surface area contributed by atoms with Crippen molar-refractivity contribution in [1.29, 1.82) is 0 Å². The number of allylic oxidation sites excluding steroid dienone is 2. The van der Waals surface area contributed by atoms with Crippen molar-refractivity contribution in [1.82, 2.24) is 10.6 Å². The summed E-state index contributed by atoms with van der Waals surface area (Å²) in [5, 5.41) is 5.43. The Hall–Kier alpha value is -3.40. The number of amides is 2. The van der Waals surface area contributed by atoms with Gasteiger partial charge in [0.1, 0.15) is 5.70 Å². The highest BCUT2D eigenvalue weighted by Gasteiger charge is 2.10. The summed E-state index contributed by atoms with van der Waals surface area (Å²) in [6, 6.07) is 19.2. The predicted molar refractivity (Wildman–Crippen MR) is 110 cm³/mol. The number of benzene rings is 2. The zero-order valence-electron chi connectivity index (χ0n) is 15.4. The molecule has 2 amide bonds. The molecule has 0 spiro atoms. The van der Waals surface area contributed by atoms with E-state index in [-0.39, 0.29) is 17.5 Å². The monoisotopic (exact) mass is 360 g/mol. The summed E-state index contributed by atoms with van der Waals surface area (Å²) >= 11 is 0. The van der Waals surface area contributed by atoms with Crippen LogP contribution in [0.1, 0.15) is 24.5 Å². The highest BCUT2D eigenvalue weighted by atomic mass is 16.2. The molecule has 0 atom stereocenters. The standard InChI is InChI=1S/C23H24N2O2/c1-2-18-24-23(27)21(15-9-14-19-10-5-3-6-11-19)25-22(26)17-16-20-12-7-4-8-13-20/h3-17H,2,18H2,1H3,(H,24,27)(H,25,26)/b14-9+,17-16+,21-15+. The van der Waals surface area contributed by atoms with Gasteiger partial charge < -0.3 is 10.6 Å². The van der Waals surface area contributed by atoms with Gasteiger partial charge in [0.05, 0.1) is 0 Å². The van der Waals surface area contributed by atoms with Gasteiger partial charge in [-0.1, -0.05) is 79.7 Å². The maximum absolute atomic E-state index is 12.3. The molecule has 0 fully saturated rings. The fraction of sp³-hybridized carbons (Fsp3) is 0.130. The van der Waals surface area contributed by atoms with Crippen molar-refractivity contribution in [3.8, 4) is 0 Å². The molecule has 0 aromatic heterocycles. The number of hydrogen-bond donors (Lipinski definition) is 2. The van der Waals surface area contributed by atoms with Gasteiger partial charge in [-0.25, -0.2) is 0 Å². The molecule has 27 heavy (non-hydrogen) atoms. The van der Waals surface area contributed by atoms with E-state index in [0.717, 1.165) is 17.5 Å². The van der Waals surface area contributed by atoms with Gasteiger partial charge in [0.2, 0.25) is 5.91 Å². The molecule has 2 aromatic carbocycles. The number of rotatable bonds is 8. The first-order valence-electron chi connectivity index (χ1n) is 8.94. The molecule has 0 heterocycles. The molecular weight excluding hydrogens is 336 g/mol. The second-order valence-electron chi connectivity index (χ2n) is 5.84. The van der Waals surface area contributed by atoms with Crippen LogP contribution in [0.2, 0.25) is 0 Å². The van der Waals surface area contributed by atoms with E-state index >= 15 is 0 Å². The Labute approximate surface area is 160 Å². The van der Waals surface area contributed by atoms with E-state index < -0.39 is 0 Å². The lowest BCUT2D eigenvalue weighted by atomic mass is 10.2. The van der Waals surface area contributed by atoms with Crippen LogP contribution in [0, 0.1) is 0 Å². The topological polar surface area (TPSA) is 58.2 Å². The van der Waals surface area contributed by atoms with Crippen LogP contribution >= 0.6 is 0 Å². The van der Waals surface area contributed by atoms with Crippen molar-refractivity contribution in [3.05, 3.63) is 95.7 Å². The Morgan fingerprint density at radius 2 is 1.48 bits per heavy atom. The number of nitrogens with one attached hydrogen (secondary N) is 2. The van der Waals surface area contributed by atoms with Gasteiger partial charge in [0.15, 0.2) is 0 Å². The number of hydrogen-bond acceptors (Lipinski definition) is 2. The maximum atomic E-state index is 12.3. The van der Waals surface area contributed by atoms with Gasteiger partial charge in [0, 0.05) is 12.6 Å². The quantitative estimate of drug-likeness (QED) is 0.553. The first kappa shape index (κ1) is 19.9. The van der Waals surface area contributed by atoms with E-state index in [2.05, 4.69) is 10.6 Å². The molecule has 2 rings (SSSR count). The van der Waals surface area contributed by atoms with Gasteiger partial charge in [-0.15, -0.1) is 0 Å². The molecule has 0 aliphatic heterocycles. The first-order chi connectivity index (χ1) is 13.2. The van der Waals surface area contributed by atoms with E-state index in [1.54, 1.807) is 18.2 Å². The average Bonchev–Trinajstić information content (AvgIpc) is 2.71. The van der Waals surface area contributed by atoms with E-state index in [1.165, 1.54) is 6.08 Å². The Kier molecular flexibility index (Phi) is 8.31. The summed E-state index contributed by atoms with van der Waals surface area (Å²) < 4.78 is 0. The van der Waals surface area contributed by atoms with Crippen LogP contribution in [0.4, 0.5) is 0 Å². The predicted octanol–water partition coefficient (Wildman–Crippen LogP) is 3.94. The summed E-state index contributed by atoms with van der Waals surface area (Å²) in [5.41, 5.74) is 2.13. The van der Waals surface area contributed by atoms with E-state index in [9.17, 15) is 9.59 Å². The minimum Gasteiger partial charge on any atom is -0.351 e. The third-order valence-electron chi connectivity index (χ3n) is 3.62. The number of carbonyl (C=O) groups is 2. The Bertz CT molecular complexity index is 822. The van der Waals surface area contributed by atoms with E-state index in [4.69, 9.17) is 0 Å². The summed E-state index contributed by atoms with van der Waals surface area (Å²) in [7, 11) is 0. The molecule has 4 heteroatoms. The fourth-order valence-corrected chi connectivity index (χ4v) is 2.24. The summed E-state index contributed by atoms with van der Waals surface area (Å²) in [6.07, 6.45) is 9.16. The van der Waals surface area contributed by atoms with Gasteiger partial charge >= 0.3 is 0 Å². The molecule has 0 aliphatic rings. The molecular formula is C23H24N2O2. The lowest BCUT2D eigenvalue weighted by molar-refractivity contribution is -0.121. The van der Waals surface area contributed by atoms with Crippen molar-refractivity contribution >= 4 is 24.0 Å². The summed E-state index contributed by atoms with van der Waals surface area (Å²) in [4.78, 5) is 24.5. The van der Waals surface area contributed by atoms with Crippen LogP contribution < -0.4 is 10.6 Å². The smallest absolute Gasteiger partial charge is 0.267 e.